The number of primary amides is 1. The van der Waals surface area contributed by atoms with E-state index in [-0.39, 0.29) is 17.9 Å². The van der Waals surface area contributed by atoms with Crippen LogP contribution in [0.4, 0.5) is 4.79 Å². The highest BCUT2D eigenvalue weighted by molar-refractivity contribution is 5.79. The van der Waals surface area contributed by atoms with E-state index in [2.05, 4.69) is 15.5 Å². The summed E-state index contributed by atoms with van der Waals surface area (Å²) < 4.78 is 4.71. The topological polar surface area (TPSA) is 114 Å². The van der Waals surface area contributed by atoms with Crippen molar-refractivity contribution in [1.82, 2.24) is 20.4 Å². The molecule has 1 aliphatic rings. The minimum Gasteiger partial charge on any atom is -0.369 e. The zero-order chi connectivity index (χ0) is 16.9. The molecule has 3 amide bonds. The standard InChI is InChI=1S/C16H19N5O3/c17-14(22)13-2-1-7-21(9-13)16(23)18-8-11-3-5-12(6-4-11)15-19-10-24-20-15/h3-6,10,13H,1-2,7-9H2,(H2,17,22)(H,18,23). The van der Waals surface area contributed by atoms with Crippen molar-refractivity contribution in [3.63, 3.8) is 0 Å². The summed E-state index contributed by atoms with van der Waals surface area (Å²) in [6, 6.07) is 7.36. The van der Waals surface area contributed by atoms with Crippen LogP contribution in [0.15, 0.2) is 35.2 Å². The van der Waals surface area contributed by atoms with Crippen molar-refractivity contribution < 1.29 is 14.1 Å². The zero-order valence-electron chi connectivity index (χ0n) is 13.1. The maximum absolute atomic E-state index is 12.2. The molecule has 1 fully saturated rings. The Bertz CT molecular complexity index is 699. The SMILES string of the molecule is NC(=O)C1CCCN(C(=O)NCc2ccc(-c3ncon3)cc2)C1. The fourth-order valence-electron chi connectivity index (χ4n) is 2.75. The van der Waals surface area contributed by atoms with Crippen molar-refractivity contribution in [1.29, 1.82) is 0 Å². The van der Waals surface area contributed by atoms with Crippen LogP contribution in [0.25, 0.3) is 11.4 Å². The Balaban J connectivity index is 1.53. The van der Waals surface area contributed by atoms with Crippen LogP contribution in [0.2, 0.25) is 0 Å². The second kappa shape index (κ2) is 7.12. The minimum atomic E-state index is -0.343. The molecule has 0 aliphatic carbocycles. The van der Waals surface area contributed by atoms with Gasteiger partial charge in [-0.15, -0.1) is 0 Å². The Morgan fingerprint density at radius 1 is 1.33 bits per heavy atom. The van der Waals surface area contributed by atoms with E-state index >= 15 is 0 Å². The Labute approximate surface area is 139 Å². The lowest BCUT2D eigenvalue weighted by Crippen LogP contribution is -2.47. The Morgan fingerprint density at radius 3 is 2.79 bits per heavy atom. The van der Waals surface area contributed by atoms with Crippen LogP contribution in [0, 0.1) is 5.92 Å². The summed E-state index contributed by atoms with van der Waals surface area (Å²) >= 11 is 0. The van der Waals surface area contributed by atoms with Crippen LogP contribution in [0.1, 0.15) is 18.4 Å². The fraction of sp³-hybridized carbons (Fsp3) is 0.375. The van der Waals surface area contributed by atoms with E-state index in [9.17, 15) is 9.59 Å². The van der Waals surface area contributed by atoms with Crippen LogP contribution in [0.5, 0.6) is 0 Å². The molecule has 0 saturated carbocycles. The van der Waals surface area contributed by atoms with Crippen molar-refractivity contribution in [3.05, 3.63) is 36.2 Å². The summed E-state index contributed by atoms with van der Waals surface area (Å²) in [5.74, 6) is -0.0697. The number of aromatic nitrogens is 2. The van der Waals surface area contributed by atoms with Gasteiger partial charge in [0.1, 0.15) is 0 Å². The first-order valence-corrected chi connectivity index (χ1v) is 7.81. The predicted molar refractivity (Wildman–Crippen MR) is 85.5 cm³/mol. The molecule has 1 atom stereocenters. The van der Waals surface area contributed by atoms with Gasteiger partial charge in [-0.2, -0.15) is 4.98 Å². The lowest BCUT2D eigenvalue weighted by atomic mass is 9.98. The van der Waals surface area contributed by atoms with Gasteiger partial charge >= 0.3 is 6.03 Å². The first kappa shape index (κ1) is 16.0. The van der Waals surface area contributed by atoms with Gasteiger partial charge in [-0.3, -0.25) is 4.79 Å². The highest BCUT2D eigenvalue weighted by atomic mass is 16.5. The molecule has 3 N–H and O–H groups in total. The predicted octanol–water partition coefficient (Wildman–Crippen LogP) is 1.14. The quantitative estimate of drug-likeness (QED) is 0.873. The number of nitrogens with one attached hydrogen (secondary N) is 1. The third-order valence-corrected chi connectivity index (χ3v) is 4.13. The van der Waals surface area contributed by atoms with Crippen molar-refractivity contribution >= 4 is 11.9 Å². The third-order valence-electron chi connectivity index (χ3n) is 4.13. The van der Waals surface area contributed by atoms with Gasteiger partial charge in [0.05, 0.1) is 5.92 Å². The number of amides is 3. The van der Waals surface area contributed by atoms with Crippen LogP contribution >= 0.6 is 0 Å². The number of piperidine rings is 1. The number of rotatable bonds is 4. The molecular formula is C16H19N5O3. The Hall–Kier alpha value is -2.90. The highest BCUT2D eigenvalue weighted by Gasteiger charge is 2.26. The van der Waals surface area contributed by atoms with Crippen LogP contribution in [-0.4, -0.2) is 40.1 Å². The molecule has 8 heteroatoms. The van der Waals surface area contributed by atoms with Crippen molar-refractivity contribution in [3.8, 4) is 11.4 Å². The minimum absolute atomic E-state index is 0.178. The van der Waals surface area contributed by atoms with Crippen molar-refractivity contribution in [2.24, 2.45) is 11.7 Å². The largest absolute Gasteiger partial charge is 0.369 e. The summed E-state index contributed by atoms with van der Waals surface area (Å²) in [4.78, 5) is 29.1. The first-order chi connectivity index (χ1) is 11.6. The number of carbonyl (C=O) groups excluding carboxylic acids is 2. The summed E-state index contributed by atoms with van der Waals surface area (Å²) in [7, 11) is 0. The summed E-state index contributed by atoms with van der Waals surface area (Å²) in [6.45, 7) is 1.44. The van der Waals surface area contributed by atoms with E-state index in [0.29, 0.717) is 25.5 Å². The van der Waals surface area contributed by atoms with Gasteiger partial charge in [0.15, 0.2) is 0 Å². The van der Waals surface area contributed by atoms with E-state index in [4.69, 9.17) is 10.3 Å². The lowest BCUT2D eigenvalue weighted by molar-refractivity contribution is -0.123. The number of urea groups is 1. The van der Waals surface area contributed by atoms with E-state index in [1.54, 1.807) is 4.90 Å². The average Bonchev–Trinajstić information content (AvgIpc) is 3.15. The number of likely N-dealkylation sites (tertiary alicyclic amines) is 1. The highest BCUT2D eigenvalue weighted by Crippen LogP contribution is 2.17. The van der Waals surface area contributed by atoms with Gasteiger partial charge in [-0.05, 0) is 18.4 Å². The van der Waals surface area contributed by atoms with E-state index in [1.165, 1.54) is 6.39 Å². The van der Waals surface area contributed by atoms with Crippen LogP contribution in [0.3, 0.4) is 0 Å². The van der Waals surface area contributed by atoms with Gasteiger partial charge in [-0.1, -0.05) is 29.4 Å². The molecule has 3 rings (SSSR count). The molecule has 126 valence electrons. The molecular weight excluding hydrogens is 310 g/mol. The van der Waals surface area contributed by atoms with Gasteiger partial charge < -0.3 is 20.5 Å². The van der Waals surface area contributed by atoms with Gasteiger partial charge in [0.25, 0.3) is 0 Å². The number of carbonyl (C=O) groups is 2. The molecule has 0 bridgehead atoms. The zero-order valence-corrected chi connectivity index (χ0v) is 13.1. The first-order valence-electron chi connectivity index (χ1n) is 7.81. The average molecular weight is 329 g/mol. The normalized spacial score (nSPS) is 17.5. The maximum atomic E-state index is 12.2. The molecule has 2 aromatic rings. The van der Waals surface area contributed by atoms with E-state index < -0.39 is 0 Å². The smallest absolute Gasteiger partial charge is 0.317 e. The maximum Gasteiger partial charge on any atom is 0.317 e. The van der Waals surface area contributed by atoms with Gasteiger partial charge in [-0.25, -0.2) is 4.79 Å². The monoisotopic (exact) mass is 329 g/mol. The molecule has 2 heterocycles. The molecule has 1 saturated heterocycles. The molecule has 8 nitrogen and oxygen atoms in total. The Kier molecular flexibility index (Phi) is 4.74. The van der Waals surface area contributed by atoms with Crippen LogP contribution < -0.4 is 11.1 Å². The molecule has 0 radical (unpaired) electrons. The second-order valence-electron chi connectivity index (χ2n) is 5.80. The van der Waals surface area contributed by atoms with Crippen LogP contribution in [-0.2, 0) is 11.3 Å². The molecule has 1 aliphatic heterocycles. The molecule has 1 aromatic heterocycles. The van der Waals surface area contributed by atoms with E-state index in [0.717, 1.165) is 24.0 Å². The lowest BCUT2D eigenvalue weighted by Gasteiger charge is -2.31. The Morgan fingerprint density at radius 2 is 2.12 bits per heavy atom. The molecule has 1 unspecified atom stereocenters. The molecule has 0 spiro atoms. The second-order valence-corrected chi connectivity index (χ2v) is 5.80. The van der Waals surface area contributed by atoms with Gasteiger partial charge in [0, 0.05) is 25.2 Å². The summed E-state index contributed by atoms with van der Waals surface area (Å²) in [5.41, 5.74) is 7.14. The van der Waals surface area contributed by atoms with Gasteiger partial charge in [0.2, 0.25) is 18.1 Å². The molecule has 1 aromatic carbocycles. The van der Waals surface area contributed by atoms with Crippen molar-refractivity contribution in [2.45, 2.75) is 19.4 Å². The van der Waals surface area contributed by atoms with E-state index in [1.807, 2.05) is 24.3 Å². The summed E-state index contributed by atoms with van der Waals surface area (Å²) in [6.07, 6.45) is 2.82. The number of benzene rings is 1. The summed E-state index contributed by atoms with van der Waals surface area (Å²) in [5, 5.41) is 6.64. The number of nitrogens with two attached hydrogens (primary N) is 1. The molecule has 24 heavy (non-hydrogen) atoms. The van der Waals surface area contributed by atoms with Crippen molar-refractivity contribution in [2.75, 3.05) is 13.1 Å². The number of hydrogen-bond acceptors (Lipinski definition) is 5. The number of hydrogen-bond donors (Lipinski definition) is 2. The third kappa shape index (κ3) is 3.70. The number of nitrogens with zero attached hydrogens (tertiary/aromatic N) is 3. The fourth-order valence-corrected chi connectivity index (χ4v) is 2.75.